The first kappa shape index (κ1) is 27.2. The van der Waals surface area contributed by atoms with Crippen LogP contribution in [0.3, 0.4) is 0 Å². The van der Waals surface area contributed by atoms with E-state index >= 15 is 0 Å². The van der Waals surface area contributed by atoms with Gasteiger partial charge in [-0.05, 0) is 12.3 Å². The maximum atomic E-state index is 11.4. The molecule has 0 fully saturated rings. The molecule has 0 saturated carbocycles. The van der Waals surface area contributed by atoms with Crippen molar-refractivity contribution in [3.63, 3.8) is 0 Å². The molecule has 0 aromatic heterocycles. The molecule has 0 rings (SSSR count). The Morgan fingerprint density at radius 3 is 2.09 bits per heavy atom. The van der Waals surface area contributed by atoms with E-state index in [-0.39, 0.29) is 57.3 Å². The largest absolute Gasteiger partial charge is 1.00 e. The third-order valence-electron chi connectivity index (χ3n) is 2.99. The normalized spacial score (nSPS) is 13.2. The van der Waals surface area contributed by atoms with E-state index in [1.54, 1.807) is 0 Å². The fraction of sp³-hybridized carbons (Fsp3) is 0.833. The van der Waals surface area contributed by atoms with E-state index in [1.165, 1.54) is 0 Å². The van der Waals surface area contributed by atoms with E-state index in [1.807, 2.05) is 13.8 Å². The van der Waals surface area contributed by atoms with Gasteiger partial charge < -0.3 is 19.2 Å². The van der Waals surface area contributed by atoms with Gasteiger partial charge in [-0.15, -0.1) is 0 Å². The summed E-state index contributed by atoms with van der Waals surface area (Å²) in [6, 6.07) is 0. The van der Waals surface area contributed by atoms with Gasteiger partial charge in [0.15, 0.2) is 0 Å². The minimum Gasteiger partial charge on any atom is -0.747 e. The number of ether oxygens (including phenoxy) is 1. The van der Waals surface area contributed by atoms with Crippen molar-refractivity contribution in [3.05, 3.63) is 0 Å². The van der Waals surface area contributed by atoms with Gasteiger partial charge in [-0.1, -0.05) is 33.1 Å². The first-order chi connectivity index (χ1) is 9.22. The summed E-state index contributed by atoms with van der Waals surface area (Å²) in [5.41, 5.74) is 0. The molecule has 0 aliphatic rings. The van der Waals surface area contributed by atoms with Gasteiger partial charge in [-0.2, -0.15) is 0 Å². The van der Waals surface area contributed by atoms with Crippen molar-refractivity contribution in [1.82, 2.24) is 0 Å². The molecular weight excluding hydrogens is 504 g/mol. The van der Waals surface area contributed by atoms with Crippen LogP contribution in [0.5, 0.6) is 0 Å². The van der Waals surface area contributed by atoms with Gasteiger partial charge in [0.25, 0.3) is 0 Å². The number of aliphatic carboxylic acids is 1. The van der Waals surface area contributed by atoms with Crippen molar-refractivity contribution >= 4 is 22.1 Å². The molecule has 7 nitrogen and oxygen atoms in total. The Labute approximate surface area is 162 Å². The molecule has 0 radical (unpaired) electrons. The summed E-state index contributed by atoms with van der Waals surface area (Å²) in [7, 11) is -5.13. The molecule has 0 aliphatic heterocycles. The summed E-state index contributed by atoms with van der Waals surface area (Å²) >= 11 is 0. The minimum atomic E-state index is -5.13. The molecule has 0 aromatic carbocycles. The molecule has 10 heteroatoms. The molecule has 138 valence electrons. The summed E-state index contributed by atoms with van der Waals surface area (Å²) < 4.78 is 36.8. The quantitative estimate of drug-likeness (QED) is 0.220. The number of carbonyl (C=O) groups excluding carboxylic acids is 2. The van der Waals surface area contributed by atoms with Crippen LogP contribution >= 0.6 is 0 Å². The monoisotopic (exact) mass is 522 g/mol. The number of rotatable bonds is 10. The maximum Gasteiger partial charge on any atom is 1.00 e. The average Bonchev–Trinajstić information content (AvgIpc) is 2.34. The first-order valence-electron chi connectivity index (χ1n) is 6.53. The van der Waals surface area contributed by atoms with Gasteiger partial charge in [0.2, 0.25) is 0 Å². The van der Waals surface area contributed by atoms with Gasteiger partial charge in [0.05, 0.1) is 24.2 Å². The number of carboxylic acids is 1. The van der Waals surface area contributed by atoms with Crippen molar-refractivity contribution in [2.75, 3.05) is 6.61 Å². The van der Waals surface area contributed by atoms with Crippen molar-refractivity contribution in [1.29, 1.82) is 0 Å². The Hall–Kier alpha value is 0.331. The number of esters is 1. The Morgan fingerprint density at radius 2 is 1.73 bits per heavy atom. The number of carboxylic acid groups (broad SMARTS) is 1. The van der Waals surface area contributed by atoms with Crippen LogP contribution in [0.1, 0.15) is 46.0 Å². The first-order valence-corrected chi connectivity index (χ1v) is 8.00. The zero-order valence-corrected chi connectivity index (χ0v) is 16.0. The van der Waals surface area contributed by atoms with Crippen LogP contribution in [-0.2, 0) is 69.2 Å². The Kier molecular flexibility index (Phi) is 17.0. The number of hydrogen-bond acceptors (Lipinski definition) is 7. The van der Waals surface area contributed by atoms with Crippen LogP contribution in [0.25, 0.3) is 0 Å². The zero-order chi connectivity index (χ0) is 15.8. The van der Waals surface area contributed by atoms with Crippen LogP contribution < -0.4 is 5.11 Å². The maximum absolute atomic E-state index is 11.4. The summed E-state index contributed by atoms with van der Waals surface area (Å²) in [6.45, 7) is 4.05. The number of unbranched alkanes of at least 4 members (excludes halogenated alkanes) is 1. The number of hydrogen-bond donors (Lipinski definition) is 0. The average molecular weight is 524 g/mol. The molecule has 0 spiro atoms. The summed E-state index contributed by atoms with van der Waals surface area (Å²) in [4.78, 5) is 21.9. The molecular formula is C12H20Ag2O7S. The van der Waals surface area contributed by atoms with E-state index in [0.29, 0.717) is 0 Å². The van der Waals surface area contributed by atoms with Gasteiger partial charge in [-0.3, -0.25) is 4.79 Å². The zero-order valence-electron chi connectivity index (χ0n) is 12.3. The fourth-order valence-corrected chi connectivity index (χ4v) is 2.20. The van der Waals surface area contributed by atoms with Crippen LogP contribution in [-0.4, -0.2) is 36.8 Å². The van der Waals surface area contributed by atoms with Crippen molar-refractivity contribution in [2.45, 2.75) is 51.2 Å². The van der Waals surface area contributed by atoms with Crippen LogP contribution in [0.4, 0.5) is 0 Å². The predicted octanol–water partition coefficient (Wildman–Crippen LogP) is -0.205. The molecule has 0 bridgehead atoms. The summed E-state index contributed by atoms with van der Waals surface area (Å²) in [5, 5.41) is 8.12. The molecule has 22 heavy (non-hydrogen) atoms. The summed E-state index contributed by atoms with van der Waals surface area (Å²) in [6.07, 6.45) is 2.62. The second-order valence-corrected chi connectivity index (χ2v) is 6.16. The Bertz CT molecular complexity index is 425. The van der Waals surface area contributed by atoms with Gasteiger partial charge in [-0.25, -0.2) is 8.42 Å². The van der Waals surface area contributed by atoms with E-state index in [0.717, 1.165) is 25.7 Å². The van der Waals surface area contributed by atoms with Crippen molar-refractivity contribution in [2.24, 2.45) is 5.92 Å². The summed E-state index contributed by atoms with van der Waals surface area (Å²) in [5.74, 6) is -2.97. The van der Waals surface area contributed by atoms with Crippen molar-refractivity contribution in [3.8, 4) is 0 Å². The number of carbonyl (C=O) groups is 2. The third kappa shape index (κ3) is 11.8. The second kappa shape index (κ2) is 13.7. The van der Waals surface area contributed by atoms with Gasteiger partial charge in [0, 0.05) is 0 Å². The molecule has 0 saturated heterocycles. The molecule has 0 amide bonds. The standard InChI is InChI=1S/C12H22O7S.2Ag/c1-3-5-6-9(4-2)8-19-11(13)7-10(12(14)15)20(16,17)18;;/h9-10H,3-8H2,1-2H3,(H,14,15)(H,16,17,18);;/q;2*+1/p-2. The second-order valence-electron chi connectivity index (χ2n) is 4.60. The third-order valence-corrected chi connectivity index (χ3v) is 4.04. The molecule has 0 heterocycles. The van der Waals surface area contributed by atoms with E-state index in [9.17, 15) is 27.7 Å². The molecule has 0 N–H and O–H groups in total. The molecule has 0 aliphatic carbocycles. The SMILES string of the molecule is CCCCC(CC)COC(=O)CC(C(=O)[O-])S(=O)(=O)[O-].[Ag+].[Ag+]. The van der Waals surface area contributed by atoms with E-state index in [2.05, 4.69) is 0 Å². The minimum absolute atomic E-state index is 0. The Balaban J connectivity index is -0.00000180. The molecule has 2 unspecified atom stereocenters. The van der Waals surface area contributed by atoms with Crippen molar-refractivity contribution < 1.29 is 77.2 Å². The fourth-order valence-electron chi connectivity index (χ4n) is 1.62. The van der Waals surface area contributed by atoms with Crippen LogP contribution in [0.15, 0.2) is 0 Å². The molecule has 0 aromatic rings. The predicted molar refractivity (Wildman–Crippen MR) is 67.4 cm³/mol. The molecule has 2 atom stereocenters. The van der Waals surface area contributed by atoms with E-state index < -0.39 is 33.7 Å². The topological polar surface area (TPSA) is 124 Å². The van der Waals surface area contributed by atoms with Crippen LogP contribution in [0, 0.1) is 5.92 Å². The van der Waals surface area contributed by atoms with Crippen LogP contribution in [0.2, 0.25) is 0 Å². The van der Waals surface area contributed by atoms with E-state index in [4.69, 9.17) is 4.74 Å². The van der Waals surface area contributed by atoms with Gasteiger partial charge >= 0.3 is 50.7 Å². The Morgan fingerprint density at radius 1 is 1.18 bits per heavy atom. The smallest absolute Gasteiger partial charge is 0.747 e. The van der Waals surface area contributed by atoms with Gasteiger partial charge in [0.1, 0.15) is 10.1 Å².